The Hall–Kier alpha value is -1.40. The average Bonchev–Trinajstić information content (AvgIpc) is 2.34. The van der Waals surface area contributed by atoms with Crippen LogP contribution in [-0.2, 0) is 9.53 Å². The Kier molecular flexibility index (Phi) is 3.06. The monoisotopic (exact) mass is 282 g/mol. The van der Waals surface area contributed by atoms with Crippen molar-refractivity contribution >= 4 is 29.0 Å². The molecule has 6 nitrogen and oxygen atoms in total. The summed E-state index contributed by atoms with van der Waals surface area (Å²) in [6, 6.07) is -0.0234. The predicted molar refractivity (Wildman–Crippen MR) is 71.6 cm³/mol. The summed E-state index contributed by atoms with van der Waals surface area (Å²) < 4.78 is 5.25. The van der Waals surface area contributed by atoms with Crippen LogP contribution in [0.4, 0.5) is 11.5 Å². The number of rotatable bonds is 2. The highest BCUT2D eigenvalue weighted by atomic mass is 35.5. The molecule has 2 aliphatic rings. The van der Waals surface area contributed by atoms with Gasteiger partial charge in [0.25, 0.3) is 0 Å². The lowest BCUT2D eigenvalue weighted by Crippen LogP contribution is -2.61. The highest BCUT2D eigenvalue weighted by Gasteiger charge is 2.42. The van der Waals surface area contributed by atoms with Crippen molar-refractivity contribution in [3.63, 3.8) is 0 Å². The molecule has 1 fully saturated rings. The number of hydrogen-bond acceptors (Lipinski definition) is 5. The summed E-state index contributed by atoms with van der Waals surface area (Å²) in [5.74, 6) is 0.787. The fourth-order valence-corrected chi connectivity index (χ4v) is 2.69. The van der Waals surface area contributed by atoms with E-state index in [4.69, 9.17) is 16.3 Å². The molecule has 0 bridgehead atoms. The van der Waals surface area contributed by atoms with Crippen molar-refractivity contribution in [3.05, 3.63) is 11.5 Å². The molecule has 7 heteroatoms. The Morgan fingerprint density at radius 1 is 1.53 bits per heavy atom. The molecule has 1 atom stereocenters. The molecule has 0 spiro atoms. The molecule has 0 unspecified atom stereocenters. The van der Waals surface area contributed by atoms with Crippen molar-refractivity contribution in [1.29, 1.82) is 0 Å². The Morgan fingerprint density at radius 2 is 2.26 bits per heavy atom. The largest absolute Gasteiger partial charge is 0.377 e. The quantitative estimate of drug-likeness (QED) is 0.760. The number of nitrogens with zero attached hydrogens (tertiary/aromatic N) is 4. The molecule has 3 rings (SSSR count). The second-order valence-corrected chi connectivity index (χ2v) is 5.11. The molecular weight excluding hydrogens is 268 g/mol. The van der Waals surface area contributed by atoms with Gasteiger partial charge in [0.05, 0.1) is 25.5 Å². The van der Waals surface area contributed by atoms with Gasteiger partial charge in [-0.25, -0.2) is 4.98 Å². The standard InChI is InChI=1S/C12H15ClN4O2/c1-3-8-11(18)16(2)9-4-14-12(13)15-10(9)17(8)7-5-19-6-7/h4,7-8H,3,5-6H2,1-2H3/t8-/m1/s1. The molecule has 3 heterocycles. The summed E-state index contributed by atoms with van der Waals surface area (Å²) in [6.45, 7) is 3.24. The molecule has 1 aromatic rings. The minimum atomic E-state index is -0.211. The average molecular weight is 283 g/mol. The SMILES string of the molecule is CC[C@@H]1C(=O)N(C)c2cnc(Cl)nc2N1C1COC1. The summed E-state index contributed by atoms with van der Waals surface area (Å²) in [6.07, 6.45) is 2.32. The molecule has 0 saturated carbocycles. The Labute approximate surface area is 116 Å². The van der Waals surface area contributed by atoms with Gasteiger partial charge in [0.15, 0.2) is 5.82 Å². The zero-order valence-electron chi connectivity index (χ0n) is 10.8. The molecule has 1 saturated heterocycles. The van der Waals surface area contributed by atoms with E-state index in [1.807, 2.05) is 11.8 Å². The van der Waals surface area contributed by atoms with Gasteiger partial charge in [-0.1, -0.05) is 6.92 Å². The van der Waals surface area contributed by atoms with E-state index >= 15 is 0 Å². The number of ether oxygens (including phenoxy) is 1. The molecule has 19 heavy (non-hydrogen) atoms. The Morgan fingerprint density at radius 3 is 2.84 bits per heavy atom. The van der Waals surface area contributed by atoms with Gasteiger partial charge < -0.3 is 14.5 Å². The van der Waals surface area contributed by atoms with E-state index in [0.717, 1.165) is 12.2 Å². The summed E-state index contributed by atoms with van der Waals surface area (Å²) in [5.41, 5.74) is 0.700. The van der Waals surface area contributed by atoms with Crippen molar-refractivity contribution in [3.8, 4) is 0 Å². The van der Waals surface area contributed by atoms with Crippen LogP contribution < -0.4 is 9.80 Å². The Bertz CT molecular complexity index is 520. The highest BCUT2D eigenvalue weighted by molar-refractivity contribution is 6.28. The second-order valence-electron chi connectivity index (χ2n) is 4.77. The van der Waals surface area contributed by atoms with Crippen molar-refractivity contribution in [2.75, 3.05) is 30.1 Å². The number of hydrogen-bond donors (Lipinski definition) is 0. The minimum Gasteiger partial charge on any atom is -0.377 e. The van der Waals surface area contributed by atoms with Crippen LogP contribution in [0.2, 0.25) is 5.28 Å². The number of anilines is 2. The molecule has 2 aliphatic heterocycles. The summed E-state index contributed by atoms with van der Waals surface area (Å²) in [5, 5.41) is 0.196. The molecule has 0 aliphatic carbocycles. The van der Waals surface area contributed by atoms with Crippen LogP contribution in [-0.4, -0.2) is 48.2 Å². The summed E-state index contributed by atoms with van der Waals surface area (Å²) in [4.78, 5) is 24.3. The summed E-state index contributed by atoms with van der Waals surface area (Å²) >= 11 is 5.90. The zero-order chi connectivity index (χ0) is 13.6. The smallest absolute Gasteiger partial charge is 0.249 e. The van der Waals surface area contributed by atoms with Gasteiger partial charge in [0.2, 0.25) is 11.2 Å². The van der Waals surface area contributed by atoms with Crippen LogP contribution in [0.5, 0.6) is 0 Å². The van der Waals surface area contributed by atoms with Crippen LogP contribution in [0.25, 0.3) is 0 Å². The number of likely N-dealkylation sites (N-methyl/N-ethyl adjacent to an activating group) is 1. The molecule has 1 aromatic heterocycles. The van der Waals surface area contributed by atoms with E-state index in [-0.39, 0.29) is 23.3 Å². The third-order valence-corrected chi connectivity index (χ3v) is 3.86. The van der Waals surface area contributed by atoms with Crippen LogP contribution in [0.15, 0.2) is 6.20 Å². The lowest BCUT2D eigenvalue weighted by atomic mass is 10.0. The van der Waals surface area contributed by atoms with Gasteiger partial charge in [-0.2, -0.15) is 4.98 Å². The van der Waals surface area contributed by atoms with E-state index in [2.05, 4.69) is 9.97 Å². The van der Waals surface area contributed by atoms with Crippen molar-refractivity contribution < 1.29 is 9.53 Å². The van der Waals surface area contributed by atoms with E-state index < -0.39 is 0 Å². The van der Waals surface area contributed by atoms with Crippen LogP contribution in [0, 0.1) is 0 Å². The predicted octanol–water partition coefficient (Wildman–Crippen LogP) is 1.09. The number of aromatic nitrogens is 2. The van der Waals surface area contributed by atoms with Crippen LogP contribution in [0.1, 0.15) is 13.3 Å². The van der Waals surface area contributed by atoms with Crippen molar-refractivity contribution in [2.45, 2.75) is 25.4 Å². The van der Waals surface area contributed by atoms with Crippen molar-refractivity contribution in [2.24, 2.45) is 0 Å². The summed E-state index contributed by atoms with van der Waals surface area (Å²) in [7, 11) is 1.75. The maximum Gasteiger partial charge on any atom is 0.249 e. The van der Waals surface area contributed by atoms with Gasteiger partial charge in [0.1, 0.15) is 11.7 Å². The van der Waals surface area contributed by atoms with Gasteiger partial charge in [-0.05, 0) is 18.0 Å². The van der Waals surface area contributed by atoms with Crippen LogP contribution >= 0.6 is 11.6 Å². The van der Waals surface area contributed by atoms with Gasteiger partial charge in [-0.3, -0.25) is 4.79 Å². The molecule has 0 aromatic carbocycles. The molecule has 0 radical (unpaired) electrons. The zero-order valence-corrected chi connectivity index (χ0v) is 11.6. The molecular formula is C12H15ClN4O2. The molecule has 102 valence electrons. The lowest BCUT2D eigenvalue weighted by Gasteiger charge is -2.46. The van der Waals surface area contributed by atoms with E-state index in [9.17, 15) is 4.79 Å². The lowest BCUT2D eigenvalue weighted by molar-refractivity contribution is -0.120. The Balaban J connectivity index is 2.11. The maximum absolute atomic E-state index is 12.4. The first kappa shape index (κ1) is 12.6. The van der Waals surface area contributed by atoms with Crippen molar-refractivity contribution in [1.82, 2.24) is 9.97 Å². The van der Waals surface area contributed by atoms with E-state index in [1.54, 1.807) is 18.1 Å². The maximum atomic E-state index is 12.4. The third-order valence-electron chi connectivity index (χ3n) is 3.68. The topological polar surface area (TPSA) is 58.6 Å². The number of amides is 1. The van der Waals surface area contributed by atoms with Gasteiger partial charge in [0, 0.05) is 7.05 Å². The second kappa shape index (κ2) is 4.61. The highest BCUT2D eigenvalue weighted by Crippen LogP contribution is 2.37. The minimum absolute atomic E-state index is 0.0628. The number of halogens is 1. The van der Waals surface area contributed by atoms with Crippen LogP contribution in [0.3, 0.4) is 0 Å². The number of fused-ring (bicyclic) bond motifs is 1. The van der Waals surface area contributed by atoms with Gasteiger partial charge >= 0.3 is 0 Å². The molecule has 0 N–H and O–H groups in total. The first-order valence-corrected chi connectivity index (χ1v) is 6.67. The number of carbonyl (C=O) groups excluding carboxylic acids is 1. The molecule has 1 amide bonds. The first-order valence-electron chi connectivity index (χ1n) is 6.29. The van der Waals surface area contributed by atoms with E-state index in [1.165, 1.54) is 0 Å². The first-order chi connectivity index (χ1) is 9.13. The fraction of sp³-hybridized carbons (Fsp3) is 0.583. The fourth-order valence-electron chi connectivity index (χ4n) is 2.56. The number of carbonyl (C=O) groups is 1. The van der Waals surface area contributed by atoms with Gasteiger partial charge in [-0.15, -0.1) is 0 Å². The third kappa shape index (κ3) is 1.86. The van der Waals surface area contributed by atoms with E-state index in [0.29, 0.717) is 18.9 Å². The normalized spacial score (nSPS) is 23.3.